The van der Waals surface area contributed by atoms with Gasteiger partial charge in [-0.15, -0.1) is 0 Å². The fourth-order valence-electron chi connectivity index (χ4n) is 5.04. The van der Waals surface area contributed by atoms with Crippen LogP contribution in [0.2, 0.25) is 0 Å². The van der Waals surface area contributed by atoms with Gasteiger partial charge in [-0.1, -0.05) is 49.8 Å². The predicted octanol–water partition coefficient (Wildman–Crippen LogP) is 1.45. The van der Waals surface area contributed by atoms with Crippen LogP contribution in [-0.2, 0) is 23.9 Å². The average Bonchev–Trinajstić information content (AvgIpc) is 3.26. The summed E-state index contributed by atoms with van der Waals surface area (Å²) in [4.78, 5) is 57.6. The molecule has 0 bridgehead atoms. The molecule has 4 unspecified atom stereocenters. The van der Waals surface area contributed by atoms with E-state index in [1.807, 2.05) is 45.0 Å². The van der Waals surface area contributed by atoms with Crippen LogP contribution in [0.3, 0.4) is 0 Å². The third-order valence-corrected chi connectivity index (χ3v) is 6.94. The van der Waals surface area contributed by atoms with E-state index in [1.165, 1.54) is 4.90 Å². The van der Waals surface area contributed by atoms with Crippen molar-refractivity contribution in [1.29, 1.82) is 0 Å². The first-order valence-electron chi connectivity index (χ1n) is 13.2. The smallest absolute Gasteiger partial charge is 0.310 e. The largest absolute Gasteiger partial charge is 0.434 e. The predicted molar refractivity (Wildman–Crippen MR) is 141 cm³/mol. The molecule has 4 heterocycles. The van der Waals surface area contributed by atoms with E-state index in [9.17, 15) is 24.3 Å². The number of hydrogen-bond acceptors (Lipinski definition) is 8. The van der Waals surface area contributed by atoms with Gasteiger partial charge in [0.1, 0.15) is 23.8 Å². The molecule has 11 nitrogen and oxygen atoms in total. The highest BCUT2D eigenvalue weighted by Crippen LogP contribution is 2.25. The number of ether oxygens (including phenoxy) is 2. The van der Waals surface area contributed by atoms with Crippen molar-refractivity contribution in [2.24, 2.45) is 0 Å². The highest BCUT2D eigenvalue weighted by Gasteiger charge is 2.44. The number of fused-ring (bicyclic) bond motifs is 2. The van der Waals surface area contributed by atoms with Crippen molar-refractivity contribution >= 4 is 34.5 Å². The minimum Gasteiger partial charge on any atom is -0.434 e. The number of aliphatic hydroxyl groups is 1. The molecule has 11 heteroatoms. The quantitative estimate of drug-likeness (QED) is 0.392. The molecule has 2 fully saturated rings. The number of esters is 1. The molecule has 0 aliphatic carbocycles. The van der Waals surface area contributed by atoms with Crippen molar-refractivity contribution in [3.63, 3.8) is 0 Å². The van der Waals surface area contributed by atoms with Gasteiger partial charge in [0.2, 0.25) is 18.1 Å². The molecule has 0 radical (unpaired) electrons. The Morgan fingerprint density at radius 1 is 1.08 bits per heavy atom. The Morgan fingerprint density at radius 2 is 1.85 bits per heavy atom. The van der Waals surface area contributed by atoms with Gasteiger partial charge in [0, 0.05) is 11.6 Å². The number of aromatic nitrogens is 1. The van der Waals surface area contributed by atoms with Gasteiger partial charge in [-0.25, -0.2) is 0 Å². The molecule has 208 valence electrons. The van der Waals surface area contributed by atoms with Crippen LogP contribution in [0.25, 0.3) is 10.8 Å². The highest BCUT2D eigenvalue weighted by molar-refractivity contribution is 6.06. The molecule has 0 saturated carbocycles. The van der Waals surface area contributed by atoms with Crippen LogP contribution in [0.1, 0.15) is 50.5 Å². The van der Waals surface area contributed by atoms with Crippen LogP contribution in [0.15, 0.2) is 48.2 Å². The second kappa shape index (κ2) is 12.4. The van der Waals surface area contributed by atoms with Crippen molar-refractivity contribution in [2.45, 2.75) is 70.5 Å². The zero-order chi connectivity index (χ0) is 28.1. The lowest BCUT2D eigenvalue weighted by atomic mass is 9.95. The monoisotopic (exact) mass is 538 g/mol. The first kappa shape index (κ1) is 28.2. The van der Waals surface area contributed by atoms with E-state index in [1.54, 1.807) is 18.3 Å². The topological polar surface area (TPSA) is 147 Å². The van der Waals surface area contributed by atoms with Gasteiger partial charge >= 0.3 is 5.97 Å². The second-order valence-electron chi connectivity index (χ2n) is 9.55. The number of hydrogen-bond donors (Lipinski definition) is 3. The maximum Gasteiger partial charge on any atom is 0.310 e. The molecule has 5 atom stereocenters. The average molecular weight is 539 g/mol. The number of amides is 3. The Morgan fingerprint density at radius 3 is 2.59 bits per heavy atom. The standard InChI is InChI=1S/C26H28N4O7.C2H6/c1-14-6-7-16-12-36-13-20(23(32)29-19-11-21(31)37-26(19)35)30(16)25(34)18(10-14)28-24(33)22-17-5-3-2-4-15(17)8-9-27-22;1-2/h2-6,8-9,16,18-20,26,35H,7,10-13H2,1H3,(H,28,33)(H,29,32);1-2H3/b14-6-;/t16?,18?,19?,20-,26?;/m0./s1. The molecule has 3 aliphatic heterocycles. The van der Waals surface area contributed by atoms with Crippen molar-refractivity contribution in [3.8, 4) is 0 Å². The fourth-order valence-corrected chi connectivity index (χ4v) is 5.04. The minimum absolute atomic E-state index is 0.0556. The zero-order valence-corrected chi connectivity index (χ0v) is 22.3. The highest BCUT2D eigenvalue weighted by atomic mass is 16.6. The summed E-state index contributed by atoms with van der Waals surface area (Å²) in [6, 6.07) is 5.90. The van der Waals surface area contributed by atoms with Crippen molar-refractivity contribution in [3.05, 3.63) is 53.9 Å². The first-order chi connectivity index (χ1) is 18.8. The molecule has 3 N–H and O–H groups in total. The van der Waals surface area contributed by atoms with Gasteiger partial charge in [0.15, 0.2) is 0 Å². The SMILES string of the molecule is C/C1=C/CC2COC[C@@H](C(=O)NC3CC(=O)OC3O)N2C(=O)C(NC(=O)c2nccc3ccccc23)C1.CC. The Balaban J connectivity index is 0.00000172. The van der Waals surface area contributed by atoms with E-state index < -0.39 is 54.1 Å². The van der Waals surface area contributed by atoms with E-state index in [-0.39, 0.29) is 31.7 Å². The molecule has 5 rings (SSSR count). The molecular formula is C28H34N4O7. The molecule has 1 aromatic heterocycles. The number of benzene rings is 1. The first-order valence-corrected chi connectivity index (χ1v) is 13.2. The second-order valence-corrected chi connectivity index (χ2v) is 9.55. The number of morpholine rings is 1. The van der Waals surface area contributed by atoms with Crippen LogP contribution in [-0.4, -0.2) is 82.4 Å². The molecule has 2 saturated heterocycles. The normalized spacial score (nSPS) is 28.1. The summed E-state index contributed by atoms with van der Waals surface area (Å²) in [6.07, 6.45) is 2.67. The number of nitrogens with zero attached hydrogens (tertiary/aromatic N) is 2. The van der Waals surface area contributed by atoms with E-state index >= 15 is 0 Å². The van der Waals surface area contributed by atoms with Crippen LogP contribution in [0.4, 0.5) is 0 Å². The van der Waals surface area contributed by atoms with Crippen LogP contribution in [0, 0.1) is 0 Å². The van der Waals surface area contributed by atoms with E-state index in [4.69, 9.17) is 9.47 Å². The lowest BCUT2D eigenvalue weighted by Gasteiger charge is -2.43. The third kappa shape index (κ3) is 6.10. The Kier molecular flexibility index (Phi) is 8.93. The maximum atomic E-state index is 13.9. The summed E-state index contributed by atoms with van der Waals surface area (Å²) in [5, 5.41) is 16.9. The van der Waals surface area contributed by atoms with Crippen LogP contribution in [0.5, 0.6) is 0 Å². The third-order valence-electron chi connectivity index (χ3n) is 6.94. The van der Waals surface area contributed by atoms with Crippen molar-refractivity contribution in [2.75, 3.05) is 13.2 Å². The lowest BCUT2D eigenvalue weighted by molar-refractivity contribution is -0.159. The number of aliphatic hydroxyl groups excluding tert-OH is 1. The summed E-state index contributed by atoms with van der Waals surface area (Å²) in [6.45, 7) is 6.07. The van der Waals surface area contributed by atoms with Gasteiger partial charge in [-0.05, 0) is 31.2 Å². The molecule has 0 spiro atoms. The maximum absolute atomic E-state index is 13.9. The summed E-state index contributed by atoms with van der Waals surface area (Å²) < 4.78 is 10.4. The summed E-state index contributed by atoms with van der Waals surface area (Å²) in [5.74, 6) is -2.08. The summed E-state index contributed by atoms with van der Waals surface area (Å²) >= 11 is 0. The zero-order valence-electron chi connectivity index (χ0n) is 22.3. The molecule has 1 aromatic carbocycles. The number of cyclic esters (lactones) is 1. The number of carbonyl (C=O) groups excluding carboxylic acids is 4. The molecule has 3 amide bonds. The molecular weight excluding hydrogens is 504 g/mol. The fraction of sp³-hybridized carbons (Fsp3) is 0.464. The Bertz CT molecular complexity index is 1270. The van der Waals surface area contributed by atoms with E-state index in [0.717, 1.165) is 11.0 Å². The van der Waals surface area contributed by atoms with Crippen molar-refractivity contribution in [1.82, 2.24) is 20.5 Å². The molecule has 39 heavy (non-hydrogen) atoms. The van der Waals surface area contributed by atoms with E-state index in [2.05, 4.69) is 15.6 Å². The summed E-state index contributed by atoms with van der Waals surface area (Å²) in [5.41, 5.74) is 1.14. The van der Waals surface area contributed by atoms with Crippen LogP contribution < -0.4 is 10.6 Å². The Labute approximate surface area is 226 Å². The van der Waals surface area contributed by atoms with Gasteiger partial charge in [0.05, 0.1) is 25.7 Å². The van der Waals surface area contributed by atoms with Crippen molar-refractivity contribution < 1.29 is 33.8 Å². The van der Waals surface area contributed by atoms with Gasteiger partial charge in [-0.2, -0.15) is 0 Å². The van der Waals surface area contributed by atoms with Gasteiger partial charge < -0.3 is 30.1 Å². The number of pyridine rings is 1. The Hall–Kier alpha value is -3.83. The van der Waals surface area contributed by atoms with Gasteiger partial charge in [-0.3, -0.25) is 24.2 Å². The van der Waals surface area contributed by atoms with Crippen LogP contribution >= 0.6 is 0 Å². The molecule has 3 aliphatic rings. The number of carbonyl (C=O) groups is 4. The number of rotatable bonds is 4. The molecule has 2 aromatic rings. The lowest BCUT2D eigenvalue weighted by Crippen LogP contribution is -2.65. The summed E-state index contributed by atoms with van der Waals surface area (Å²) in [7, 11) is 0. The van der Waals surface area contributed by atoms with Gasteiger partial charge in [0.25, 0.3) is 5.91 Å². The minimum atomic E-state index is -1.45. The number of nitrogens with one attached hydrogen (secondary N) is 2. The van der Waals surface area contributed by atoms with E-state index in [0.29, 0.717) is 11.8 Å².